The van der Waals surface area contributed by atoms with Crippen LogP contribution in [0.15, 0.2) is 42.5 Å². The zero-order valence-electron chi connectivity index (χ0n) is 23.3. The maximum atomic E-state index is 15.3. The molecule has 1 N–H and O–H groups in total. The fourth-order valence-corrected chi connectivity index (χ4v) is 5.67. The minimum absolute atomic E-state index is 0.0172. The molecule has 39 heavy (non-hydrogen) atoms. The zero-order valence-corrected chi connectivity index (χ0v) is 23.3. The van der Waals surface area contributed by atoms with Gasteiger partial charge in [-0.1, -0.05) is 44.2 Å². The molecule has 0 bridgehead atoms. The molecule has 3 amide bonds. The summed E-state index contributed by atoms with van der Waals surface area (Å²) in [6.07, 6.45) is 1.52. The van der Waals surface area contributed by atoms with Crippen LogP contribution in [-0.2, 0) is 27.2 Å². The largest absolute Gasteiger partial charge is 0.342 e. The number of piperazine rings is 1. The maximum absolute atomic E-state index is 15.3. The molecule has 0 spiro atoms. The highest BCUT2D eigenvalue weighted by Gasteiger charge is 2.50. The molecule has 0 saturated carbocycles. The number of carbonyl (C=O) groups excluding carboxylic acids is 3. The highest BCUT2D eigenvalue weighted by atomic mass is 19.1. The SMILES string of the molecule is CC(C)C[C@@H]1C(=O)N[C@H](C2Cc3ccccc3C2)C(=O)N1[C@@H](C(=O)N(C)CCN(C)C)c1ccc(F)cc1F. The molecule has 3 atom stereocenters. The van der Waals surface area contributed by atoms with Crippen molar-refractivity contribution < 1.29 is 23.2 Å². The zero-order chi connectivity index (χ0) is 28.4. The second-order valence-corrected chi connectivity index (χ2v) is 11.4. The summed E-state index contributed by atoms with van der Waals surface area (Å²) in [5.74, 6) is -3.19. The monoisotopic (exact) mass is 540 g/mol. The fraction of sp³-hybridized carbons (Fsp3) is 0.500. The number of hydrogen-bond acceptors (Lipinski definition) is 4. The van der Waals surface area contributed by atoms with Crippen molar-refractivity contribution in [3.8, 4) is 0 Å². The molecule has 0 radical (unpaired) electrons. The number of carbonyl (C=O) groups is 3. The van der Waals surface area contributed by atoms with Gasteiger partial charge in [-0.05, 0) is 62.4 Å². The summed E-state index contributed by atoms with van der Waals surface area (Å²) < 4.78 is 29.2. The molecular formula is C30H38F2N4O3. The summed E-state index contributed by atoms with van der Waals surface area (Å²) in [7, 11) is 5.34. The van der Waals surface area contributed by atoms with Crippen LogP contribution in [-0.4, -0.2) is 78.7 Å². The molecule has 1 heterocycles. The Morgan fingerprint density at radius 2 is 1.67 bits per heavy atom. The Morgan fingerprint density at radius 3 is 2.23 bits per heavy atom. The van der Waals surface area contributed by atoms with Gasteiger partial charge in [0.15, 0.2) is 0 Å². The fourth-order valence-electron chi connectivity index (χ4n) is 5.67. The first-order valence-electron chi connectivity index (χ1n) is 13.5. The quantitative estimate of drug-likeness (QED) is 0.531. The molecule has 1 aliphatic heterocycles. The maximum Gasteiger partial charge on any atom is 0.249 e. The topological polar surface area (TPSA) is 73.0 Å². The first-order valence-corrected chi connectivity index (χ1v) is 13.5. The van der Waals surface area contributed by atoms with Gasteiger partial charge < -0.3 is 20.0 Å². The standard InChI is InChI=1S/C30H38F2N4O3/c1-18(2)14-25-28(37)33-26(21-15-19-8-6-7-9-20(19)16-21)29(38)36(25)27(23-11-10-22(31)17-24(23)32)30(39)35(5)13-12-34(3)4/h6-11,17-18,21,25-27H,12-16H2,1-5H3,(H,33,37)/t25-,26-,27-/m1/s1. The molecule has 2 aliphatic rings. The highest BCUT2D eigenvalue weighted by molar-refractivity contribution is 6.00. The molecule has 210 valence electrons. The lowest BCUT2D eigenvalue weighted by atomic mass is 9.87. The van der Waals surface area contributed by atoms with Crippen LogP contribution in [0.25, 0.3) is 0 Å². The van der Waals surface area contributed by atoms with Crippen LogP contribution in [0.1, 0.15) is 43.0 Å². The number of rotatable bonds is 9. The smallest absolute Gasteiger partial charge is 0.249 e. The van der Waals surface area contributed by atoms with Gasteiger partial charge in [-0.2, -0.15) is 0 Å². The molecule has 4 rings (SSSR count). The molecule has 9 heteroatoms. The number of fused-ring (bicyclic) bond motifs is 1. The van der Waals surface area contributed by atoms with Gasteiger partial charge in [-0.15, -0.1) is 0 Å². The number of likely N-dealkylation sites (N-methyl/N-ethyl adjacent to an activating group) is 2. The number of nitrogens with one attached hydrogen (secondary N) is 1. The van der Waals surface area contributed by atoms with E-state index >= 15 is 4.39 Å². The van der Waals surface area contributed by atoms with Gasteiger partial charge in [-0.3, -0.25) is 14.4 Å². The van der Waals surface area contributed by atoms with E-state index in [1.165, 1.54) is 15.9 Å². The van der Waals surface area contributed by atoms with Crippen molar-refractivity contribution in [2.24, 2.45) is 11.8 Å². The third-order valence-corrected chi connectivity index (χ3v) is 7.73. The number of nitrogens with zero attached hydrogens (tertiary/aromatic N) is 3. The molecule has 1 saturated heterocycles. The van der Waals surface area contributed by atoms with Gasteiger partial charge in [0.05, 0.1) is 0 Å². The summed E-state index contributed by atoms with van der Waals surface area (Å²) >= 11 is 0. The molecular weight excluding hydrogens is 502 g/mol. The van der Waals surface area contributed by atoms with Crippen LogP contribution in [0.3, 0.4) is 0 Å². The molecule has 1 aliphatic carbocycles. The van der Waals surface area contributed by atoms with Crippen LogP contribution >= 0.6 is 0 Å². The van der Waals surface area contributed by atoms with E-state index in [9.17, 15) is 18.8 Å². The summed E-state index contributed by atoms with van der Waals surface area (Å²) in [6.45, 7) is 4.73. The minimum atomic E-state index is -1.41. The summed E-state index contributed by atoms with van der Waals surface area (Å²) in [5, 5.41) is 2.95. The van der Waals surface area contributed by atoms with Gasteiger partial charge in [-0.25, -0.2) is 8.78 Å². The van der Waals surface area contributed by atoms with Gasteiger partial charge in [0, 0.05) is 31.8 Å². The molecule has 7 nitrogen and oxygen atoms in total. The van der Waals surface area contributed by atoms with E-state index in [1.54, 1.807) is 7.05 Å². The van der Waals surface area contributed by atoms with E-state index in [4.69, 9.17) is 0 Å². The Balaban J connectivity index is 1.77. The molecule has 0 unspecified atom stereocenters. The predicted octanol–water partition coefficient (Wildman–Crippen LogP) is 3.18. The molecule has 1 fully saturated rings. The predicted molar refractivity (Wildman–Crippen MR) is 145 cm³/mol. The number of amides is 3. The van der Waals surface area contributed by atoms with E-state index < -0.39 is 41.6 Å². The second kappa shape index (κ2) is 11.8. The number of halogens is 2. The third kappa shape index (κ3) is 6.13. The number of benzene rings is 2. The van der Waals surface area contributed by atoms with Crippen LogP contribution in [0.2, 0.25) is 0 Å². The summed E-state index contributed by atoms with van der Waals surface area (Å²) in [6, 6.07) is 7.69. The second-order valence-electron chi connectivity index (χ2n) is 11.4. The Morgan fingerprint density at radius 1 is 1.03 bits per heavy atom. The Hall–Kier alpha value is -3.33. The summed E-state index contributed by atoms with van der Waals surface area (Å²) in [4.78, 5) is 46.6. The Labute approximate surface area is 229 Å². The molecule has 2 aromatic rings. The molecule has 2 aromatic carbocycles. The third-order valence-electron chi connectivity index (χ3n) is 7.73. The van der Waals surface area contributed by atoms with E-state index in [2.05, 4.69) is 5.32 Å². The molecule has 0 aromatic heterocycles. The van der Waals surface area contributed by atoms with E-state index in [0.29, 0.717) is 38.4 Å². The first kappa shape index (κ1) is 28.7. The van der Waals surface area contributed by atoms with Gasteiger partial charge in [0.1, 0.15) is 29.8 Å². The van der Waals surface area contributed by atoms with E-state index in [1.807, 2.05) is 57.1 Å². The van der Waals surface area contributed by atoms with E-state index in [0.717, 1.165) is 17.2 Å². The normalized spacial score (nSPS) is 20.4. The van der Waals surface area contributed by atoms with Crippen molar-refractivity contribution in [2.45, 2.75) is 51.2 Å². The highest BCUT2D eigenvalue weighted by Crippen LogP contribution is 2.36. The van der Waals surface area contributed by atoms with Crippen LogP contribution in [0, 0.1) is 23.5 Å². The van der Waals surface area contributed by atoms with Crippen LogP contribution in [0.4, 0.5) is 8.78 Å². The van der Waals surface area contributed by atoms with Crippen molar-refractivity contribution in [1.82, 2.24) is 20.0 Å². The first-order chi connectivity index (χ1) is 18.5. The summed E-state index contributed by atoms with van der Waals surface area (Å²) in [5.41, 5.74) is 2.13. The van der Waals surface area contributed by atoms with Crippen molar-refractivity contribution in [2.75, 3.05) is 34.2 Å². The Bertz CT molecular complexity index is 1210. The van der Waals surface area contributed by atoms with Gasteiger partial charge >= 0.3 is 0 Å². The van der Waals surface area contributed by atoms with Crippen molar-refractivity contribution in [3.63, 3.8) is 0 Å². The van der Waals surface area contributed by atoms with Crippen molar-refractivity contribution in [1.29, 1.82) is 0 Å². The average molecular weight is 541 g/mol. The lowest BCUT2D eigenvalue weighted by molar-refractivity contribution is -0.160. The van der Waals surface area contributed by atoms with Gasteiger partial charge in [0.25, 0.3) is 0 Å². The van der Waals surface area contributed by atoms with Crippen molar-refractivity contribution >= 4 is 17.7 Å². The number of hydrogen-bond donors (Lipinski definition) is 1. The Kier molecular flexibility index (Phi) is 8.69. The van der Waals surface area contributed by atoms with Crippen LogP contribution < -0.4 is 5.32 Å². The van der Waals surface area contributed by atoms with Gasteiger partial charge in [0.2, 0.25) is 17.7 Å². The van der Waals surface area contributed by atoms with Crippen molar-refractivity contribution in [3.05, 3.63) is 70.8 Å². The van der Waals surface area contributed by atoms with E-state index in [-0.39, 0.29) is 23.3 Å². The van der Waals surface area contributed by atoms with Crippen LogP contribution in [0.5, 0.6) is 0 Å². The average Bonchev–Trinajstić information content (AvgIpc) is 3.31. The minimum Gasteiger partial charge on any atom is -0.342 e. The lowest BCUT2D eigenvalue weighted by Crippen LogP contribution is -2.67. The lowest BCUT2D eigenvalue weighted by Gasteiger charge is -2.45.